The first-order chi connectivity index (χ1) is 12.0. The molecule has 1 atom stereocenters. The van der Waals surface area contributed by atoms with E-state index in [1.54, 1.807) is 30.3 Å². The van der Waals surface area contributed by atoms with E-state index in [4.69, 9.17) is 10.00 Å². The molecule has 0 aromatic heterocycles. The average molecular weight is 336 g/mol. The second kappa shape index (κ2) is 6.41. The van der Waals surface area contributed by atoms with Crippen LogP contribution in [0.2, 0.25) is 0 Å². The lowest BCUT2D eigenvalue weighted by molar-refractivity contribution is -0.384. The lowest BCUT2D eigenvalue weighted by Crippen LogP contribution is -2.25. The van der Waals surface area contributed by atoms with Crippen molar-refractivity contribution in [2.45, 2.75) is 13.2 Å². The van der Waals surface area contributed by atoms with E-state index in [0.717, 1.165) is 5.01 Å². The molecule has 0 N–H and O–H groups in total. The van der Waals surface area contributed by atoms with E-state index in [1.165, 1.54) is 25.1 Å². The number of benzene rings is 2. The first-order valence-corrected chi connectivity index (χ1v) is 7.29. The number of nitro groups is 1. The normalized spacial score (nSPS) is 15.9. The summed E-state index contributed by atoms with van der Waals surface area (Å²) in [6.45, 7) is 1.35. The Labute approximate surface area is 142 Å². The summed E-state index contributed by atoms with van der Waals surface area (Å²) in [6, 6.07) is 14.4. The lowest BCUT2D eigenvalue weighted by atomic mass is 10.1. The van der Waals surface area contributed by atoms with Crippen LogP contribution in [0.25, 0.3) is 0 Å². The maximum absolute atomic E-state index is 11.9. The number of rotatable bonds is 3. The van der Waals surface area contributed by atoms with Crippen molar-refractivity contribution in [3.05, 3.63) is 75.3 Å². The fraction of sp³-hybridized carbons (Fsp3) is 0.118. The van der Waals surface area contributed by atoms with Crippen molar-refractivity contribution in [3.63, 3.8) is 0 Å². The van der Waals surface area contributed by atoms with Gasteiger partial charge in [-0.25, -0.2) is 0 Å². The molecule has 0 unspecified atom stereocenters. The van der Waals surface area contributed by atoms with E-state index in [1.807, 2.05) is 6.07 Å². The molecule has 8 nitrogen and oxygen atoms in total. The summed E-state index contributed by atoms with van der Waals surface area (Å²) in [5.41, 5.74) is 1.42. The largest absolute Gasteiger partial charge is 0.446 e. The molecule has 2 aromatic rings. The van der Waals surface area contributed by atoms with E-state index < -0.39 is 11.2 Å². The number of carbonyl (C=O) groups is 1. The third-order valence-corrected chi connectivity index (χ3v) is 3.60. The summed E-state index contributed by atoms with van der Waals surface area (Å²) in [6.07, 6.45) is -0.792. The number of hydrogen-bond acceptors (Lipinski definition) is 6. The Kier molecular flexibility index (Phi) is 4.14. The Bertz CT molecular complexity index is 915. The molecule has 0 saturated carbocycles. The van der Waals surface area contributed by atoms with Gasteiger partial charge in [-0.05, 0) is 18.2 Å². The van der Waals surface area contributed by atoms with Gasteiger partial charge in [0.05, 0.1) is 16.6 Å². The molecule has 8 heteroatoms. The van der Waals surface area contributed by atoms with Gasteiger partial charge in [0.15, 0.2) is 0 Å². The van der Waals surface area contributed by atoms with Crippen molar-refractivity contribution in [2.75, 3.05) is 0 Å². The van der Waals surface area contributed by atoms with Crippen molar-refractivity contribution in [1.82, 2.24) is 5.01 Å². The van der Waals surface area contributed by atoms with E-state index in [-0.39, 0.29) is 17.5 Å². The number of hydrogen-bond donors (Lipinski definition) is 0. The standard InChI is InChI=1S/C17H12N4O4/c1-11(22)20-17(13-7-5-12(10-18)6-8-13)25-16(19-20)14-3-2-4-15(9-14)21(23)24/h2-9,17H,1H3/t17-/m0/s1. The predicted octanol–water partition coefficient (Wildman–Crippen LogP) is 2.71. The fourth-order valence-corrected chi connectivity index (χ4v) is 2.37. The number of carbonyl (C=O) groups excluding carboxylic acids is 1. The number of nitriles is 1. The molecular weight excluding hydrogens is 324 g/mol. The zero-order valence-electron chi connectivity index (χ0n) is 13.1. The van der Waals surface area contributed by atoms with Crippen molar-refractivity contribution in [1.29, 1.82) is 5.26 Å². The Morgan fingerprint density at radius 1 is 1.32 bits per heavy atom. The maximum atomic E-state index is 11.9. The number of non-ortho nitro benzene ring substituents is 1. The van der Waals surface area contributed by atoms with Gasteiger partial charge in [0.1, 0.15) is 0 Å². The third kappa shape index (κ3) is 3.16. The van der Waals surface area contributed by atoms with Crippen LogP contribution in [0, 0.1) is 21.4 Å². The molecule has 0 saturated heterocycles. The van der Waals surface area contributed by atoms with Crippen LogP contribution < -0.4 is 0 Å². The van der Waals surface area contributed by atoms with Gasteiger partial charge in [0.2, 0.25) is 18.0 Å². The number of ether oxygens (including phenoxy) is 1. The number of nitro benzene ring substituents is 1. The maximum Gasteiger partial charge on any atom is 0.270 e. The molecule has 0 aliphatic carbocycles. The van der Waals surface area contributed by atoms with E-state index in [9.17, 15) is 14.9 Å². The van der Waals surface area contributed by atoms with E-state index >= 15 is 0 Å². The molecular formula is C17H12N4O4. The Hall–Kier alpha value is -3.73. The summed E-state index contributed by atoms with van der Waals surface area (Å²) in [5, 5.41) is 25.1. The molecule has 3 rings (SSSR count). The monoisotopic (exact) mass is 336 g/mol. The highest BCUT2D eigenvalue weighted by molar-refractivity contribution is 5.96. The first-order valence-electron chi connectivity index (χ1n) is 7.29. The SMILES string of the molecule is CC(=O)N1N=C(c2cccc([N+](=O)[O-])c2)O[C@H]1c1ccc(C#N)cc1. The van der Waals surface area contributed by atoms with Crippen molar-refractivity contribution in [3.8, 4) is 6.07 Å². The summed E-state index contributed by atoms with van der Waals surface area (Å²) >= 11 is 0. The van der Waals surface area contributed by atoms with Gasteiger partial charge in [-0.3, -0.25) is 14.9 Å². The van der Waals surface area contributed by atoms with Gasteiger partial charge in [0.25, 0.3) is 5.69 Å². The summed E-state index contributed by atoms with van der Waals surface area (Å²) in [4.78, 5) is 22.3. The number of hydrazone groups is 1. The van der Waals surface area contributed by atoms with Gasteiger partial charge in [-0.2, -0.15) is 10.3 Å². The topological polar surface area (TPSA) is 109 Å². The smallest absolute Gasteiger partial charge is 0.270 e. The van der Waals surface area contributed by atoms with Crippen LogP contribution in [0.4, 0.5) is 5.69 Å². The number of nitrogens with zero attached hydrogens (tertiary/aromatic N) is 4. The molecule has 0 radical (unpaired) electrons. The number of amides is 1. The highest BCUT2D eigenvalue weighted by atomic mass is 16.6. The van der Waals surface area contributed by atoms with Gasteiger partial charge < -0.3 is 4.74 Å². The Morgan fingerprint density at radius 2 is 2.04 bits per heavy atom. The lowest BCUT2D eigenvalue weighted by Gasteiger charge is -2.19. The summed E-state index contributed by atoms with van der Waals surface area (Å²) in [5.74, 6) is -0.219. The molecule has 25 heavy (non-hydrogen) atoms. The zero-order chi connectivity index (χ0) is 18.0. The first kappa shape index (κ1) is 16.1. The minimum absolute atomic E-state index is 0.0972. The molecule has 0 spiro atoms. The molecule has 1 aliphatic heterocycles. The van der Waals surface area contributed by atoms with E-state index in [2.05, 4.69) is 5.10 Å². The third-order valence-electron chi connectivity index (χ3n) is 3.60. The summed E-state index contributed by atoms with van der Waals surface area (Å²) in [7, 11) is 0. The summed E-state index contributed by atoms with van der Waals surface area (Å²) < 4.78 is 5.77. The van der Waals surface area contributed by atoms with Crippen LogP contribution in [0.3, 0.4) is 0 Å². The van der Waals surface area contributed by atoms with Crippen LogP contribution in [-0.4, -0.2) is 21.7 Å². The molecule has 0 bridgehead atoms. The van der Waals surface area contributed by atoms with Crippen LogP contribution >= 0.6 is 0 Å². The van der Waals surface area contributed by atoms with Crippen LogP contribution in [0.5, 0.6) is 0 Å². The molecule has 0 fully saturated rings. The van der Waals surface area contributed by atoms with Crippen LogP contribution in [-0.2, 0) is 9.53 Å². The second-order valence-corrected chi connectivity index (χ2v) is 5.28. The molecule has 124 valence electrons. The molecule has 1 amide bonds. The quantitative estimate of drug-likeness (QED) is 0.632. The van der Waals surface area contributed by atoms with Gasteiger partial charge in [-0.15, -0.1) is 5.10 Å². The van der Waals surface area contributed by atoms with Crippen LogP contribution in [0.15, 0.2) is 53.6 Å². The molecule has 1 heterocycles. The Balaban J connectivity index is 1.94. The van der Waals surface area contributed by atoms with Gasteiger partial charge in [0, 0.05) is 30.2 Å². The van der Waals surface area contributed by atoms with Crippen LogP contribution in [0.1, 0.15) is 29.8 Å². The van der Waals surface area contributed by atoms with Gasteiger partial charge in [-0.1, -0.05) is 18.2 Å². The molecule has 1 aliphatic rings. The van der Waals surface area contributed by atoms with Gasteiger partial charge >= 0.3 is 0 Å². The Morgan fingerprint density at radius 3 is 2.64 bits per heavy atom. The van der Waals surface area contributed by atoms with Crippen molar-refractivity contribution in [2.24, 2.45) is 5.10 Å². The predicted molar refractivity (Wildman–Crippen MR) is 87.1 cm³/mol. The minimum atomic E-state index is -0.792. The van der Waals surface area contributed by atoms with Crippen molar-refractivity contribution < 1.29 is 14.5 Å². The second-order valence-electron chi connectivity index (χ2n) is 5.28. The minimum Gasteiger partial charge on any atom is -0.446 e. The zero-order valence-corrected chi connectivity index (χ0v) is 13.1. The van der Waals surface area contributed by atoms with E-state index in [0.29, 0.717) is 16.7 Å². The fourth-order valence-electron chi connectivity index (χ4n) is 2.37. The highest BCUT2D eigenvalue weighted by Gasteiger charge is 2.33. The average Bonchev–Trinajstić information content (AvgIpc) is 3.07. The molecule has 2 aromatic carbocycles. The van der Waals surface area contributed by atoms with Crippen molar-refractivity contribution >= 4 is 17.5 Å². The highest BCUT2D eigenvalue weighted by Crippen LogP contribution is 2.31.